The van der Waals surface area contributed by atoms with E-state index < -0.39 is 5.91 Å². The van der Waals surface area contributed by atoms with Crippen LogP contribution in [0, 0.1) is 11.8 Å². The zero-order chi connectivity index (χ0) is 12.0. The molecule has 1 rings (SSSR count). The van der Waals surface area contributed by atoms with E-state index in [1.165, 1.54) is 0 Å². The number of hydrogen-bond acceptors (Lipinski definition) is 4. The van der Waals surface area contributed by atoms with Crippen LogP contribution in [0.5, 0.6) is 0 Å². The predicted octanol–water partition coefficient (Wildman–Crippen LogP) is -0.715. The fraction of sp³-hybridized carbons (Fsp3) is 0.800. The minimum Gasteiger partial charge on any atom is -0.368 e. The Bertz CT molecular complexity index is 250. The first kappa shape index (κ1) is 12.9. The third kappa shape index (κ3) is 4.16. The number of nitrogens with two attached hydrogens (primary N) is 2. The van der Waals surface area contributed by atoms with Crippen LogP contribution < -0.4 is 16.9 Å². The molecule has 0 aliphatic heterocycles. The second kappa shape index (κ2) is 6.44. The van der Waals surface area contributed by atoms with E-state index in [1.807, 2.05) is 0 Å². The van der Waals surface area contributed by atoms with E-state index in [4.69, 9.17) is 11.5 Å². The van der Waals surface area contributed by atoms with Crippen LogP contribution >= 0.6 is 0 Å². The van der Waals surface area contributed by atoms with Gasteiger partial charge in [0.2, 0.25) is 11.8 Å². The first-order valence-electron chi connectivity index (χ1n) is 5.53. The lowest BCUT2D eigenvalue weighted by atomic mass is 9.82. The van der Waals surface area contributed by atoms with Crippen molar-refractivity contribution in [3.63, 3.8) is 0 Å². The van der Waals surface area contributed by atoms with E-state index in [9.17, 15) is 9.59 Å². The zero-order valence-corrected chi connectivity index (χ0v) is 9.28. The molecule has 0 heterocycles. The van der Waals surface area contributed by atoms with Crippen LogP contribution in [0.25, 0.3) is 0 Å². The smallest absolute Gasteiger partial charge is 0.246 e. The molecular formula is C10H19N3O3. The summed E-state index contributed by atoms with van der Waals surface area (Å²) in [6.07, 6.45) is 3.61. The van der Waals surface area contributed by atoms with Gasteiger partial charge in [-0.25, -0.2) is 5.48 Å². The summed E-state index contributed by atoms with van der Waals surface area (Å²) in [5.41, 5.74) is 12.7. The molecule has 2 amide bonds. The number of nitrogens with one attached hydrogen (secondary N) is 1. The number of carbonyl (C=O) groups excluding carboxylic acids is 2. The first-order chi connectivity index (χ1) is 7.63. The Hall–Kier alpha value is -1.14. The molecular weight excluding hydrogens is 210 g/mol. The van der Waals surface area contributed by atoms with Gasteiger partial charge in [-0.2, -0.15) is 0 Å². The second-order valence-electron chi connectivity index (χ2n) is 4.17. The molecule has 5 N–H and O–H groups in total. The van der Waals surface area contributed by atoms with Crippen LogP contribution in [-0.4, -0.2) is 25.0 Å². The molecule has 0 unspecified atom stereocenters. The van der Waals surface area contributed by atoms with Crippen molar-refractivity contribution < 1.29 is 14.4 Å². The van der Waals surface area contributed by atoms with Gasteiger partial charge in [0, 0.05) is 5.92 Å². The zero-order valence-electron chi connectivity index (χ0n) is 9.28. The molecule has 16 heavy (non-hydrogen) atoms. The molecule has 1 aliphatic rings. The van der Waals surface area contributed by atoms with Crippen molar-refractivity contribution in [1.82, 2.24) is 5.48 Å². The third-order valence-corrected chi connectivity index (χ3v) is 2.94. The Balaban J connectivity index is 2.20. The summed E-state index contributed by atoms with van der Waals surface area (Å²) in [6.45, 7) is 0.399. The summed E-state index contributed by atoms with van der Waals surface area (Å²) in [4.78, 5) is 26.6. The highest BCUT2D eigenvalue weighted by atomic mass is 16.7. The molecule has 6 nitrogen and oxygen atoms in total. The minimum atomic E-state index is -0.605. The summed E-state index contributed by atoms with van der Waals surface area (Å²) in [6, 6.07) is 0. The van der Waals surface area contributed by atoms with Crippen LogP contribution in [0.15, 0.2) is 0 Å². The monoisotopic (exact) mass is 229 g/mol. The molecule has 1 aliphatic carbocycles. The molecule has 0 saturated heterocycles. The maximum Gasteiger partial charge on any atom is 0.246 e. The normalized spacial score (nSPS) is 25.1. The second-order valence-corrected chi connectivity index (χ2v) is 4.17. The van der Waals surface area contributed by atoms with Gasteiger partial charge >= 0.3 is 0 Å². The number of hydrogen-bond donors (Lipinski definition) is 3. The maximum absolute atomic E-state index is 11.6. The van der Waals surface area contributed by atoms with Crippen molar-refractivity contribution in [1.29, 1.82) is 0 Å². The van der Waals surface area contributed by atoms with Gasteiger partial charge in [-0.1, -0.05) is 0 Å². The standard InChI is InChI=1S/C10H19N3O3/c11-5-7-1-3-8(4-2-7)10(15)13-16-6-9(12)14/h7-8H,1-6,11H2,(H2,12,14)(H,13,15). The lowest BCUT2D eigenvalue weighted by Crippen LogP contribution is -2.36. The van der Waals surface area contributed by atoms with Gasteiger partial charge in [-0.15, -0.1) is 0 Å². The molecule has 0 aromatic rings. The molecule has 1 saturated carbocycles. The quantitative estimate of drug-likeness (QED) is 0.541. The fourth-order valence-corrected chi connectivity index (χ4v) is 1.92. The van der Waals surface area contributed by atoms with E-state index in [0.717, 1.165) is 25.7 Å². The molecule has 92 valence electrons. The SMILES string of the molecule is NCC1CCC(C(=O)NOCC(N)=O)CC1. The largest absolute Gasteiger partial charge is 0.368 e. The minimum absolute atomic E-state index is 0.0318. The molecule has 0 radical (unpaired) electrons. The Morgan fingerprint density at radius 2 is 1.88 bits per heavy atom. The summed E-state index contributed by atoms with van der Waals surface area (Å²) in [5, 5.41) is 0. The molecule has 0 spiro atoms. The van der Waals surface area contributed by atoms with Gasteiger partial charge in [0.15, 0.2) is 6.61 Å². The summed E-state index contributed by atoms with van der Waals surface area (Å²) >= 11 is 0. The highest BCUT2D eigenvalue weighted by Crippen LogP contribution is 2.27. The molecule has 0 aromatic heterocycles. The van der Waals surface area contributed by atoms with Gasteiger partial charge in [0.25, 0.3) is 0 Å². The number of hydroxylamine groups is 1. The summed E-state index contributed by atoms with van der Waals surface area (Å²) < 4.78 is 0. The molecule has 0 atom stereocenters. The molecule has 1 fully saturated rings. The van der Waals surface area contributed by atoms with E-state index in [1.54, 1.807) is 0 Å². The van der Waals surface area contributed by atoms with E-state index >= 15 is 0 Å². The number of primary amides is 1. The predicted molar refractivity (Wildman–Crippen MR) is 57.8 cm³/mol. The van der Waals surface area contributed by atoms with E-state index in [0.29, 0.717) is 12.5 Å². The van der Waals surface area contributed by atoms with Crippen LogP contribution in [-0.2, 0) is 14.4 Å². The van der Waals surface area contributed by atoms with Crippen LogP contribution in [0.3, 0.4) is 0 Å². The lowest BCUT2D eigenvalue weighted by molar-refractivity contribution is -0.142. The number of rotatable bonds is 5. The summed E-state index contributed by atoms with van der Waals surface area (Å²) in [7, 11) is 0. The van der Waals surface area contributed by atoms with Gasteiger partial charge < -0.3 is 11.5 Å². The van der Waals surface area contributed by atoms with E-state index in [2.05, 4.69) is 10.3 Å². The highest BCUT2D eigenvalue weighted by molar-refractivity contribution is 5.78. The first-order valence-corrected chi connectivity index (χ1v) is 5.53. The van der Waals surface area contributed by atoms with Crippen molar-refractivity contribution in [3.8, 4) is 0 Å². The summed E-state index contributed by atoms with van der Waals surface area (Å²) in [5.74, 6) is -0.268. The van der Waals surface area contributed by atoms with Gasteiger partial charge in [0.05, 0.1) is 0 Å². The fourth-order valence-electron chi connectivity index (χ4n) is 1.92. The highest BCUT2D eigenvalue weighted by Gasteiger charge is 2.25. The lowest BCUT2D eigenvalue weighted by Gasteiger charge is -2.26. The Labute approximate surface area is 94.6 Å². The maximum atomic E-state index is 11.6. The van der Waals surface area contributed by atoms with Crippen molar-refractivity contribution in [2.75, 3.05) is 13.2 Å². The van der Waals surface area contributed by atoms with Crippen molar-refractivity contribution >= 4 is 11.8 Å². The Kier molecular flexibility index (Phi) is 5.21. The Morgan fingerprint density at radius 1 is 1.25 bits per heavy atom. The van der Waals surface area contributed by atoms with Gasteiger partial charge in [-0.05, 0) is 38.1 Å². The van der Waals surface area contributed by atoms with Crippen LogP contribution in [0.4, 0.5) is 0 Å². The van der Waals surface area contributed by atoms with Gasteiger partial charge in [0.1, 0.15) is 0 Å². The van der Waals surface area contributed by atoms with Crippen LogP contribution in [0.2, 0.25) is 0 Å². The Morgan fingerprint density at radius 3 is 2.38 bits per heavy atom. The van der Waals surface area contributed by atoms with E-state index in [-0.39, 0.29) is 18.4 Å². The molecule has 0 bridgehead atoms. The van der Waals surface area contributed by atoms with Gasteiger partial charge in [-0.3, -0.25) is 14.4 Å². The number of carbonyl (C=O) groups is 2. The van der Waals surface area contributed by atoms with Crippen molar-refractivity contribution in [2.45, 2.75) is 25.7 Å². The number of amides is 2. The molecule has 6 heteroatoms. The topological polar surface area (TPSA) is 107 Å². The third-order valence-electron chi connectivity index (χ3n) is 2.94. The van der Waals surface area contributed by atoms with Crippen LogP contribution in [0.1, 0.15) is 25.7 Å². The average molecular weight is 229 g/mol. The van der Waals surface area contributed by atoms with Crippen molar-refractivity contribution in [3.05, 3.63) is 0 Å². The van der Waals surface area contributed by atoms with Crippen molar-refractivity contribution in [2.24, 2.45) is 23.3 Å². The average Bonchev–Trinajstić information content (AvgIpc) is 2.28. The molecule has 0 aromatic carbocycles.